The van der Waals surface area contributed by atoms with Gasteiger partial charge in [-0.1, -0.05) is 28.1 Å². The van der Waals surface area contributed by atoms with E-state index in [2.05, 4.69) is 37.7 Å². The molecule has 0 aliphatic heterocycles. The molecule has 3 nitrogen and oxygen atoms in total. The van der Waals surface area contributed by atoms with Crippen LogP contribution in [0, 0.1) is 0 Å². The second kappa shape index (κ2) is 4.66. The van der Waals surface area contributed by atoms with Crippen LogP contribution in [0.2, 0.25) is 0 Å². The van der Waals surface area contributed by atoms with Crippen LogP contribution in [-0.2, 0) is 0 Å². The van der Waals surface area contributed by atoms with Gasteiger partial charge in [-0.25, -0.2) is 4.98 Å². The summed E-state index contributed by atoms with van der Waals surface area (Å²) in [4.78, 5) is 10.1. The molecule has 1 N–H and O–H groups in total. The van der Waals surface area contributed by atoms with Crippen LogP contribution >= 0.6 is 15.9 Å². The third-order valence-electron chi connectivity index (χ3n) is 2.41. The number of benzene rings is 1. The topological polar surface area (TPSA) is 31.9 Å². The largest absolute Gasteiger partial charge is 0.342 e. The Hall–Kier alpha value is -1.03. The van der Waals surface area contributed by atoms with Gasteiger partial charge in [-0.3, -0.25) is 0 Å². The van der Waals surface area contributed by atoms with E-state index >= 15 is 0 Å². The molecule has 4 heteroatoms. The first-order valence-electron chi connectivity index (χ1n) is 5.10. The molecule has 0 fully saturated rings. The molecule has 0 unspecified atom stereocenters. The fourth-order valence-corrected chi connectivity index (χ4v) is 2.03. The van der Waals surface area contributed by atoms with Crippen molar-refractivity contribution in [3.63, 3.8) is 0 Å². The Labute approximate surface area is 97.6 Å². The molecule has 0 radical (unpaired) electrons. The van der Waals surface area contributed by atoms with Gasteiger partial charge in [0.15, 0.2) is 0 Å². The van der Waals surface area contributed by atoms with E-state index in [1.54, 1.807) is 0 Å². The molecule has 1 heterocycles. The van der Waals surface area contributed by atoms with Crippen molar-refractivity contribution in [2.75, 3.05) is 23.3 Å². The molecule has 80 valence electrons. The molecule has 0 amide bonds. The van der Waals surface area contributed by atoms with Gasteiger partial charge in [0.2, 0.25) is 5.95 Å². The number of nitrogens with zero attached hydrogens (tertiary/aromatic N) is 2. The van der Waals surface area contributed by atoms with Gasteiger partial charge in [-0.15, -0.1) is 0 Å². The van der Waals surface area contributed by atoms with E-state index in [1.807, 2.05) is 24.3 Å². The molecule has 15 heavy (non-hydrogen) atoms. The summed E-state index contributed by atoms with van der Waals surface area (Å²) in [5.74, 6) is 0.957. The number of hydrogen-bond donors (Lipinski definition) is 1. The third-order valence-corrected chi connectivity index (χ3v) is 2.77. The van der Waals surface area contributed by atoms with Crippen molar-refractivity contribution in [1.82, 2.24) is 9.97 Å². The smallest absolute Gasteiger partial charge is 0.203 e. The van der Waals surface area contributed by atoms with Crippen LogP contribution < -0.4 is 4.90 Å². The Bertz CT molecular complexity index is 405. The highest BCUT2D eigenvalue weighted by molar-refractivity contribution is 9.09. The highest BCUT2D eigenvalue weighted by Gasteiger charge is 2.08. The van der Waals surface area contributed by atoms with Crippen LogP contribution in [-0.4, -0.2) is 28.4 Å². The van der Waals surface area contributed by atoms with Crippen molar-refractivity contribution in [3.05, 3.63) is 24.3 Å². The van der Waals surface area contributed by atoms with Crippen LogP contribution in [0.1, 0.15) is 6.92 Å². The second-order valence-electron chi connectivity index (χ2n) is 3.35. The number of H-pyrrole nitrogens is 1. The summed E-state index contributed by atoms with van der Waals surface area (Å²) in [6, 6.07) is 8.10. The standard InChI is InChI=1S/C11H14BrN3/c1-2-15(8-7-12)11-13-9-5-3-4-6-10(9)14-11/h3-6H,2,7-8H2,1H3,(H,13,14). The van der Waals surface area contributed by atoms with Crippen molar-refractivity contribution in [3.8, 4) is 0 Å². The maximum Gasteiger partial charge on any atom is 0.203 e. The predicted molar refractivity (Wildman–Crippen MR) is 67.8 cm³/mol. The minimum Gasteiger partial charge on any atom is -0.342 e. The lowest BCUT2D eigenvalue weighted by molar-refractivity contribution is 0.843. The van der Waals surface area contributed by atoms with Crippen molar-refractivity contribution < 1.29 is 0 Å². The van der Waals surface area contributed by atoms with Crippen molar-refractivity contribution in [1.29, 1.82) is 0 Å². The van der Waals surface area contributed by atoms with Crippen molar-refractivity contribution >= 4 is 32.9 Å². The second-order valence-corrected chi connectivity index (χ2v) is 4.14. The number of halogens is 1. The number of fused-ring (bicyclic) bond motifs is 1. The normalized spacial score (nSPS) is 10.8. The highest BCUT2D eigenvalue weighted by atomic mass is 79.9. The average molecular weight is 268 g/mol. The minimum atomic E-state index is 0.956. The Morgan fingerprint density at radius 3 is 2.87 bits per heavy atom. The summed E-state index contributed by atoms with van der Waals surface area (Å²) in [5.41, 5.74) is 2.13. The van der Waals surface area contributed by atoms with Gasteiger partial charge in [-0.2, -0.15) is 0 Å². The number of anilines is 1. The zero-order chi connectivity index (χ0) is 10.7. The molecule has 0 aliphatic carbocycles. The molecule has 0 aliphatic rings. The molecular weight excluding hydrogens is 254 g/mol. The van der Waals surface area contributed by atoms with Crippen molar-refractivity contribution in [2.45, 2.75) is 6.92 Å². The Morgan fingerprint density at radius 1 is 1.40 bits per heavy atom. The van der Waals surface area contributed by atoms with E-state index in [9.17, 15) is 0 Å². The molecule has 2 aromatic rings. The number of para-hydroxylation sites is 2. The molecule has 1 aromatic heterocycles. The highest BCUT2D eigenvalue weighted by Crippen LogP contribution is 2.16. The lowest BCUT2D eigenvalue weighted by Crippen LogP contribution is -2.25. The first-order chi connectivity index (χ1) is 7.35. The molecule has 0 atom stereocenters. The zero-order valence-electron chi connectivity index (χ0n) is 8.70. The molecular formula is C11H14BrN3. The van der Waals surface area contributed by atoms with Crippen molar-refractivity contribution in [2.24, 2.45) is 0 Å². The Kier molecular flexibility index (Phi) is 3.26. The van der Waals surface area contributed by atoms with E-state index in [0.29, 0.717) is 0 Å². The van der Waals surface area contributed by atoms with E-state index in [0.717, 1.165) is 35.4 Å². The lowest BCUT2D eigenvalue weighted by atomic mass is 10.3. The zero-order valence-corrected chi connectivity index (χ0v) is 10.3. The van der Waals surface area contributed by atoms with Crippen LogP contribution in [0.15, 0.2) is 24.3 Å². The number of aromatic amines is 1. The van der Waals surface area contributed by atoms with Crippen LogP contribution in [0.25, 0.3) is 11.0 Å². The predicted octanol–water partition coefficient (Wildman–Crippen LogP) is 2.78. The molecule has 0 spiro atoms. The van der Waals surface area contributed by atoms with Crippen LogP contribution in [0.4, 0.5) is 5.95 Å². The molecule has 0 saturated heterocycles. The van der Waals surface area contributed by atoms with Gasteiger partial charge in [0.25, 0.3) is 0 Å². The summed E-state index contributed by atoms with van der Waals surface area (Å²) < 4.78 is 0. The van der Waals surface area contributed by atoms with Crippen LogP contribution in [0.3, 0.4) is 0 Å². The average Bonchev–Trinajstić information content (AvgIpc) is 2.69. The number of hydrogen-bond acceptors (Lipinski definition) is 2. The maximum atomic E-state index is 4.55. The number of rotatable bonds is 4. The SMILES string of the molecule is CCN(CCBr)c1nc2ccccc2[nH]1. The van der Waals surface area contributed by atoms with Gasteiger partial charge < -0.3 is 9.88 Å². The number of alkyl halides is 1. The summed E-state index contributed by atoms with van der Waals surface area (Å²) in [6.45, 7) is 4.07. The van der Waals surface area contributed by atoms with Gasteiger partial charge >= 0.3 is 0 Å². The minimum absolute atomic E-state index is 0.956. The fourth-order valence-electron chi connectivity index (χ4n) is 1.60. The van der Waals surface area contributed by atoms with E-state index in [4.69, 9.17) is 0 Å². The maximum absolute atomic E-state index is 4.55. The fraction of sp³-hybridized carbons (Fsp3) is 0.364. The van der Waals surface area contributed by atoms with E-state index < -0.39 is 0 Å². The van der Waals surface area contributed by atoms with Gasteiger partial charge in [0.1, 0.15) is 0 Å². The Balaban J connectivity index is 2.34. The summed E-state index contributed by atoms with van der Waals surface area (Å²) in [6.07, 6.45) is 0. The monoisotopic (exact) mass is 267 g/mol. The van der Waals surface area contributed by atoms with E-state index in [-0.39, 0.29) is 0 Å². The van der Waals surface area contributed by atoms with Gasteiger partial charge in [0.05, 0.1) is 11.0 Å². The number of aromatic nitrogens is 2. The molecule has 2 rings (SSSR count). The quantitative estimate of drug-likeness (QED) is 0.865. The van der Waals surface area contributed by atoms with Gasteiger partial charge in [0, 0.05) is 18.4 Å². The molecule has 0 saturated carbocycles. The molecule has 1 aromatic carbocycles. The van der Waals surface area contributed by atoms with Crippen LogP contribution in [0.5, 0.6) is 0 Å². The lowest BCUT2D eigenvalue weighted by Gasteiger charge is -2.17. The van der Waals surface area contributed by atoms with E-state index in [1.165, 1.54) is 0 Å². The summed E-state index contributed by atoms with van der Waals surface area (Å²) >= 11 is 3.45. The number of imidazole rings is 1. The summed E-state index contributed by atoms with van der Waals surface area (Å²) in [5, 5.41) is 0.956. The first-order valence-corrected chi connectivity index (χ1v) is 6.23. The number of nitrogens with one attached hydrogen (secondary N) is 1. The third kappa shape index (κ3) is 2.15. The molecule has 0 bridgehead atoms. The summed E-state index contributed by atoms with van der Waals surface area (Å²) in [7, 11) is 0. The first kappa shape index (κ1) is 10.5. The van der Waals surface area contributed by atoms with Gasteiger partial charge in [-0.05, 0) is 19.1 Å². The Morgan fingerprint density at radius 2 is 2.20 bits per heavy atom.